The van der Waals surface area contributed by atoms with Gasteiger partial charge in [-0.3, -0.25) is 4.79 Å². The quantitative estimate of drug-likeness (QED) is 0.375. The molecule has 1 fully saturated rings. The van der Waals surface area contributed by atoms with E-state index in [0.717, 1.165) is 16.6 Å². The molecule has 4 rings (SSSR count). The number of piperidine rings is 1. The maximum atomic E-state index is 13.1. The van der Waals surface area contributed by atoms with Crippen LogP contribution in [0.2, 0.25) is 0 Å². The Bertz CT molecular complexity index is 1520. The summed E-state index contributed by atoms with van der Waals surface area (Å²) in [5.41, 5.74) is 1.38. The molecule has 0 N–H and O–H groups in total. The Labute approximate surface area is 214 Å². The van der Waals surface area contributed by atoms with Crippen LogP contribution in [0.25, 0.3) is 10.2 Å². The molecule has 3 aromatic rings. The zero-order valence-corrected chi connectivity index (χ0v) is 21.9. The summed E-state index contributed by atoms with van der Waals surface area (Å²) in [6.07, 6.45) is 6.53. The van der Waals surface area contributed by atoms with Gasteiger partial charge in [-0.2, -0.15) is 9.30 Å². The summed E-state index contributed by atoms with van der Waals surface area (Å²) < 4.78 is 35.0. The van der Waals surface area contributed by atoms with Gasteiger partial charge in [-0.25, -0.2) is 13.2 Å². The number of hydrogen-bond donors (Lipinski definition) is 0. The molecule has 1 amide bonds. The third-order valence-corrected chi connectivity index (χ3v) is 9.01. The molecule has 8 nitrogen and oxygen atoms in total. The first-order valence-corrected chi connectivity index (χ1v) is 13.7. The average Bonchev–Trinajstić information content (AvgIpc) is 3.19. The van der Waals surface area contributed by atoms with E-state index in [4.69, 9.17) is 11.2 Å². The smallest absolute Gasteiger partial charge is 0.337 e. The number of methoxy groups -OCH3 is 1. The van der Waals surface area contributed by atoms with Crippen molar-refractivity contribution in [2.45, 2.75) is 31.7 Å². The van der Waals surface area contributed by atoms with Crippen LogP contribution >= 0.6 is 11.3 Å². The minimum absolute atomic E-state index is 0.153. The number of sulfonamides is 1. The predicted octanol–water partition coefficient (Wildman–Crippen LogP) is 3.53. The fourth-order valence-corrected chi connectivity index (χ4v) is 7.27. The van der Waals surface area contributed by atoms with E-state index in [1.54, 1.807) is 22.8 Å². The normalized spacial score (nSPS) is 19.2. The van der Waals surface area contributed by atoms with Crippen LogP contribution in [0.1, 0.15) is 41.0 Å². The molecule has 0 spiro atoms. The Balaban J connectivity index is 1.65. The Morgan fingerprint density at radius 2 is 1.75 bits per heavy atom. The van der Waals surface area contributed by atoms with E-state index in [1.165, 1.54) is 47.0 Å². The minimum atomic E-state index is -3.64. The number of hydrogen-bond acceptors (Lipinski definition) is 6. The van der Waals surface area contributed by atoms with Crippen LogP contribution in [-0.4, -0.2) is 49.4 Å². The maximum absolute atomic E-state index is 13.1. The van der Waals surface area contributed by atoms with Crippen molar-refractivity contribution in [2.75, 3.05) is 20.2 Å². The summed E-state index contributed by atoms with van der Waals surface area (Å²) in [5, 5.41) is 0. The molecule has 0 aliphatic carbocycles. The Morgan fingerprint density at radius 1 is 1.11 bits per heavy atom. The first kappa shape index (κ1) is 25.8. The number of ether oxygens (including phenoxy) is 1. The van der Waals surface area contributed by atoms with Crippen molar-refractivity contribution in [3.05, 3.63) is 58.4 Å². The topological polar surface area (TPSA) is 98.0 Å². The highest BCUT2D eigenvalue weighted by molar-refractivity contribution is 7.89. The average molecular weight is 526 g/mol. The van der Waals surface area contributed by atoms with E-state index < -0.39 is 21.9 Å². The molecule has 0 bridgehead atoms. The first-order valence-electron chi connectivity index (χ1n) is 11.5. The van der Waals surface area contributed by atoms with Crippen LogP contribution in [0.4, 0.5) is 0 Å². The van der Waals surface area contributed by atoms with Gasteiger partial charge in [0.05, 0.1) is 34.3 Å². The summed E-state index contributed by atoms with van der Waals surface area (Å²) in [7, 11) is -2.34. The van der Waals surface area contributed by atoms with Gasteiger partial charge in [0.2, 0.25) is 10.0 Å². The Kier molecular flexibility index (Phi) is 7.45. The standard InChI is InChI=1S/C26H27N3O5S2/c1-5-12-29-22-11-8-20(25(31)34-4)14-23(22)35-26(29)27-24(30)19-6-9-21(10-7-19)36(32,33)28-15-17(2)13-18(3)16-28/h1,6-11,14,17-18H,12-13,15-16H2,2-4H3. The molecular formula is C26H27N3O5S2. The molecule has 2 heterocycles. The Morgan fingerprint density at radius 3 is 2.36 bits per heavy atom. The Hall–Kier alpha value is -3.26. The van der Waals surface area contributed by atoms with E-state index in [9.17, 15) is 18.0 Å². The highest BCUT2D eigenvalue weighted by Crippen LogP contribution is 2.27. The van der Waals surface area contributed by atoms with Gasteiger partial charge in [-0.15, -0.1) is 6.42 Å². The van der Waals surface area contributed by atoms with Gasteiger partial charge >= 0.3 is 5.97 Å². The lowest BCUT2D eigenvalue weighted by molar-refractivity contribution is 0.0600. The largest absolute Gasteiger partial charge is 0.465 e. The summed E-state index contributed by atoms with van der Waals surface area (Å²) in [6.45, 7) is 5.27. The molecule has 188 valence electrons. The van der Waals surface area contributed by atoms with Crippen molar-refractivity contribution in [2.24, 2.45) is 16.8 Å². The molecule has 2 unspecified atom stereocenters. The number of benzene rings is 2. The van der Waals surface area contributed by atoms with Gasteiger partial charge in [-0.05, 0) is 60.7 Å². The highest BCUT2D eigenvalue weighted by atomic mass is 32.2. The SMILES string of the molecule is C#CCn1c(=NC(=O)c2ccc(S(=O)(=O)N3CC(C)CC(C)C3)cc2)sc2cc(C(=O)OC)ccc21. The number of rotatable bonds is 5. The number of esters is 1. The van der Waals surface area contributed by atoms with Crippen LogP contribution in [0, 0.1) is 24.2 Å². The fourth-order valence-electron chi connectivity index (χ4n) is 4.52. The van der Waals surface area contributed by atoms with Crippen molar-refractivity contribution in [3.8, 4) is 12.3 Å². The van der Waals surface area contributed by atoms with Crippen molar-refractivity contribution < 1.29 is 22.7 Å². The molecule has 36 heavy (non-hydrogen) atoms. The molecule has 1 aromatic heterocycles. The van der Waals surface area contributed by atoms with E-state index in [2.05, 4.69) is 24.8 Å². The van der Waals surface area contributed by atoms with Gasteiger partial charge in [0.25, 0.3) is 5.91 Å². The van der Waals surface area contributed by atoms with Gasteiger partial charge in [-0.1, -0.05) is 31.1 Å². The lowest BCUT2D eigenvalue weighted by Crippen LogP contribution is -2.42. The van der Waals surface area contributed by atoms with E-state index in [-0.39, 0.29) is 17.0 Å². The lowest BCUT2D eigenvalue weighted by Gasteiger charge is -2.34. The fraction of sp³-hybridized carbons (Fsp3) is 0.346. The zero-order valence-electron chi connectivity index (χ0n) is 20.3. The predicted molar refractivity (Wildman–Crippen MR) is 138 cm³/mol. The van der Waals surface area contributed by atoms with E-state index in [1.807, 2.05) is 0 Å². The number of nitrogens with zero attached hydrogens (tertiary/aromatic N) is 3. The summed E-state index contributed by atoms with van der Waals surface area (Å²) in [4.78, 5) is 29.6. The van der Waals surface area contributed by atoms with Gasteiger partial charge in [0.1, 0.15) is 0 Å². The number of fused-ring (bicyclic) bond motifs is 1. The van der Waals surface area contributed by atoms with Gasteiger partial charge in [0.15, 0.2) is 4.80 Å². The van der Waals surface area contributed by atoms with Crippen LogP contribution in [0.3, 0.4) is 0 Å². The van der Waals surface area contributed by atoms with Crippen LogP contribution in [-0.2, 0) is 21.3 Å². The number of aromatic nitrogens is 1. The molecule has 1 saturated heterocycles. The molecule has 1 aliphatic heterocycles. The number of carbonyl (C=O) groups is 2. The van der Waals surface area contributed by atoms with Crippen LogP contribution in [0.15, 0.2) is 52.4 Å². The minimum Gasteiger partial charge on any atom is -0.465 e. The van der Waals surface area contributed by atoms with E-state index >= 15 is 0 Å². The monoisotopic (exact) mass is 525 g/mol. The molecule has 1 aliphatic rings. The van der Waals surface area contributed by atoms with Gasteiger partial charge < -0.3 is 9.30 Å². The first-order chi connectivity index (χ1) is 17.1. The second-order valence-corrected chi connectivity index (χ2v) is 12.0. The molecule has 0 radical (unpaired) electrons. The van der Waals surface area contributed by atoms with Crippen molar-refractivity contribution in [1.82, 2.24) is 8.87 Å². The zero-order chi connectivity index (χ0) is 26.0. The second kappa shape index (κ2) is 10.4. The third kappa shape index (κ3) is 5.14. The summed E-state index contributed by atoms with van der Waals surface area (Å²) in [5.74, 6) is 2.16. The number of terminal acetylenes is 1. The second-order valence-electron chi connectivity index (χ2n) is 9.06. The van der Waals surface area contributed by atoms with Crippen molar-refractivity contribution in [3.63, 3.8) is 0 Å². The molecular weight excluding hydrogens is 498 g/mol. The van der Waals surface area contributed by atoms with E-state index in [0.29, 0.717) is 35.3 Å². The number of carbonyl (C=O) groups excluding carboxylic acids is 2. The van der Waals surface area contributed by atoms with Crippen LogP contribution < -0.4 is 4.80 Å². The number of thiazole rings is 1. The lowest BCUT2D eigenvalue weighted by atomic mass is 9.94. The third-order valence-electron chi connectivity index (χ3n) is 6.12. The molecule has 0 saturated carbocycles. The van der Waals surface area contributed by atoms with Gasteiger partial charge in [0, 0.05) is 18.7 Å². The molecule has 2 aromatic carbocycles. The number of amides is 1. The van der Waals surface area contributed by atoms with Crippen LogP contribution in [0.5, 0.6) is 0 Å². The maximum Gasteiger partial charge on any atom is 0.337 e. The van der Waals surface area contributed by atoms with Crippen molar-refractivity contribution >= 4 is 43.5 Å². The van der Waals surface area contributed by atoms with Crippen molar-refractivity contribution in [1.29, 1.82) is 0 Å². The summed E-state index contributed by atoms with van der Waals surface area (Å²) in [6, 6.07) is 10.9. The highest BCUT2D eigenvalue weighted by Gasteiger charge is 2.31. The summed E-state index contributed by atoms with van der Waals surface area (Å²) >= 11 is 1.23. The molecule has 10 heteroatoms. The molecule has 2 atom stereocenters.